The fourth-order valence-electron chi connectivity index (χ4n) is 3.75. The Hall–Kier alpha value is -3.10. The molecule has 1 aliphatic carbocycles. The number of hydrogen-bond donors (Lipinski definition) is 2. The van der Waals surface area contributed by atoms with Crippen LogP contribution < -0.4 is 15.1 Å². The molecule has 2 heterocycles. The molecule has 2 N–H and O–H groups in total. The standard InChI is InChI=1S/C21H19ClN4O4/c22-14-4-5-15-16(8-14)25(9-12-1-2-12)19(23-15)10-26-17-7-13(21(28)24-29)3-6-18(17)30-11-20(26)27/h3-8,12,29H,1-2,9-11H2,(H,24,28). The van der Waals surface area contributed by atoms with Crippen LogP contribution in [0.25, 0.3) is 11.0 Å². The predicted molar refractivity (Wildman–Crippen MR) is 110 cm³/mol. The van der Waals surface area contributed by atoms with Gasteiger partial charge in [-0.25, -0.2) is 10.5 Å². The van der Waals surface area contributed by atoms with E-state index < -0.39 is 5.91 Å². The van der Waals surface area contributed by atoms with Crippen LogP contribution >= 0.6 is 11.6 Å². The third kappa shape index (κ3) is 3.38. The van der Waals surface area contributed by atoms with Crippen LogP contribution in [0.4, 0.5) is 5.69 Å². The zero-order valence-corrected chi connectivity index (χ0v) is 16.7. The van der Waals surface area contributed by atoms with Gasteiger partial charge in [-0.1, -0.05) is 11.6 Å². The number of halogens is 1. The van der Waals surface area contributed by atoms with Gasteiger partial charge in [0.15, 0.2) is 6.61 Å². The highest BCUT2D eigenvalue weighted by Gasteiger charge is 2.30. The van der Waals surface area contributed by atoms with Crippen LogP contribution in [0, 0.1) is 5.92 Å². The van der Waals surface area contributed by atoms with Gasteiger partial charge in [0, 0.05) is 17.1 Å². The molecule has 1 fully saturated rings. The predicted octanol–water partition coefficient (Wildman–Crippen LogP) is 3.14. The number of nitrogens with zero attached hydrogens (tertiary/aromatic N) is 3. The van der Waals surface area contributed by atoms with Crippen molar-refractivity contribution in [2.24, 2.45) is 5.92 Å². The third-order valence-electron chi connectivity index (χ3n) is 5.49. The van der Waals surface area contributed by atoms with E-state index in [1.165, 1.54) is 25.0 Å². The number of benzene rings is 2. The molecule has 8 nitrogen and oxygen atoms in total. The van der Waals surface area contributed by atoms with E-state index in [1.54, 1.807) is 22.5 Å². The van der Waals surface area contributed by atoms with E-state index in [2.05, 4.69) is 4.57 Å². The molecule has 0 saturated heterocycles. The summed E-state index contributed by atoms with van der Waals surface area (Å²) < 4.78 is 7.65. The number of aromatic nitrogens is 2. The highest BCUT2D eigenvalue weighted by Crippen LogP contribution is 2.36. The Morgan fingerprint density at radius 2 is 2.10 bits per heavy atom. The van der Waals surface area contributed by atoms with Crippen molar-refractivity contribution in [3.05, 3.63) is 52.8 Å². The van der Waals surface area contributed by atoms with Crippen LogP contribution in [0.3, 0.4) is 0 Å². The number of amides is 2. The van der Waals surface area contributed by atoms with Crippen LogP contribution in [0.15, 0.2) is 36.4 Å². The first kappa shape index (κ1) is 18.9. The van der Waals surface area contributed by atoms with Crippen LogP contribution in [-0.2, 0) is 17.9 Å². The van der Waals surface area contributed by atoms with Crippen LogP contribution in [-0.4, -0.2) is 33.2 Å². The van der Waals surface area contributed by atoms with E-state index in [-0.39, 0.29) is 24.6 Å². The van der Waals surface area contributed by atoms with Crippen molar-refractivity contribution in [2.75, 3.05) is 11.5 Å². The number of anilines is 1. The lowest BCUT2D eigenvalue weighted by Crippen LogP contribution is -2.39. The summed E-state index contributed by atoms with van der Waals surface area (Å²) in [5, 5.41) is 9.58. The maximum atomic E-state index is 12.7. The average molecular weight is 427 g/mol. The number of hydrogen-bond acceptors (Lipinski definition) is 5. The van der Waals surface area contributed by atoms with E-state index in [9.17, 15) is 9.59 Å². The number of rotatable bonds is 5. The molecular weight excluding hydrogens is 408 g/mol. The van der Waals surface area contributed by atoms with E-state index >= 15 is 0 Å². The zero-order valence-electron chi connectivity index (χ0n) is 16.0. The summed E-state index contributed by atoms with van der Waals surface area (Å²) in [6.07, 6.45) is 2.36. The number of imidazole rings is 1. The second-order valence-corrected chi connectivity index (χ2v) is 8.04. The fraction of sp³-hybridized carbons (Fsp3) is 0.286. The third-order valence-corrected chi connectivity index (χ3v) is 5.73. The number of hydroxylamine groups is 1. The normalized spacial score (nSPS) is 15.8. The van der Waals surface area contributed by atoms with Gasteiger partial charge in [0.25, 0.3) is 11.8 Å². The summed E-state index contributed by atoms with van der Waals surface area (Å²) in [6.45, 7) is 0.968. The Kier molecular flexibility index (Phi) is 4.60. The van der Waals surface area contributed by atoms with E-state index in [1.807, 2.05) is 12.1 Å². The molecule has 0 unspecified atom stereocenters. The van der Waals surface area contributed by atoms with Crippen LogP contribution in [0.5, 0.6) is 5.75 Å². The van der Waals surface area contributed by atoms with Crippen molar-refractivity contribution in [3.63, 3.8) is 0 Å². The van der Waals surface area contributed by atoms with E-state index in [0.717, 1.165) is 23.4 Å². The van der Waals surface area contributed by atoms with Crippen LogP contribution in [0.1, 0.15) is 29.0 Å². The van der Waals surface area contributed by atoms with Gasteiger partial charge < -0.3 is 9.30 Å². The number of nitrogens with one attached hydrogen (secondary N) is 1. The highest BCUT2D eigenvalue weighted by molar-refractivity contribution is 6.31. The highest BCUT2D eigenvalue weighted by atomic mass is 35.5. The molecule has 1 aromatic heterocycles. The summed E-state index contributed by atoms with van der Waals surface area (Å²) >= 11 is 6.21. The molecule has 9 heteroatoms. The molecule has 1 aliphatic heterocycles. The minimum Gasteiger partial charge on any atom is -0.482 e. The number of ether oxygens (including phenoxy) is 1. The minimum atomic E-state index is -0.661. The first-order valence-electron chi connectivity index (χ1n) is 9.70. The van der Waals surface area contributed by atoms with Gasteiger partial charge in [0.05, 0.1) is 23.3 Å². The molecule has 0 bridgehead atoms. The minimum absolute atomic E-state index is 0.0901. The molecule has 2 aliphatic rings. The van der Waals surface area contributed by atoms with Gasteiger partial charge >= 0.3 is 0 Å². The van der Waals surface area contributed by atoms with Gasteiger partial charge in [0.2, 0.25) is 0 Å². The lowest BCUT2D eigenvalue weighted by molar-refractivity contribution is -0.121. The number of carbonyl (C=O) groups is 2. The monoisotopic (exact) mass is 426 g/mol. The molecular formula is C21H19ClN4O4. The van der Waals surface area contributed by atoms with Crippen LogP contribution in [0.2, 0.25) is 5.02 Å². The van der Waals surface area contributed by atoms with Crippen molar-refractivity contribution in [3.8, 4) is 5.75 Å². The van der Waals surface area contributed by atoms with Gasteiger partial charge in [-0.3, -0.25) is 19.7 Å². The largest absolute Gasteiger partial charge is 0.482 e. The van der Waals surface area contributed by atoms with E-state index in [4.69, 9.17) is 26.5 Å². The summed E-state index contributed by atoms with van der Waals surface area (Å²) in [4.78, 5) is 30.9. The van der Waals surface area contributed by atoms with Crippen molar-refractivity contribution >= 4 is 40.1 Å². The Morgan fingerprint density at radius 1 is 1.27 bits per heavy atom. The molecule has 2 amide bonds. The lowest BCUT2D eigenvalue weighted by Gasteiger charge is -2.29. The van der Waals surface area contributed by atoms with Crippen molar-refractivity contribution < 1.29 is 19.5 Å². The molecule has 154 valence electrons. The second kappa shape index (κ2) is 7.30. The van der Waals surface area contributed by atoms with Crippen molar-refractivity contribution in [1.29, 1.82) is 0 Å². The Morgan fingerprint density at radius 3 is 2.87 bits per heavy atom. The van der Waals surface area contributed by atoms with Gasteiger partial charge in [-0.2, -0.15) is 0 Å². The topological polar surface area (TPSA) is 96.7 Å². The SMILES string of the molecule is O=C(NO)c1ccc2c(c1)N(Cc1nc3ccc(Cl)cc3n1CC1CC1)C(=O)CO2. The van der Waals surface area contributed by atoms with Crippen molar-refractivity contribution in [1.82, 2.24) is 15.0 Å². The van der Waals surface area contributed by atoms with Crippen molar-refractivity contribution in [2.45, 2.75) is 25.9 Å². The summed E-state index contributed by atoms with van der Waals surface area (Å²) in [6, 6.07) is 10.3. The molecule has 0 radical (unpaired) electrons. The first-order chi connectivity index (χ1) is 14.5. The molecule has 2 aromatic carbocycles. The second-order valence-electron chi connectivity index (χ2n) is 7.61. The Balaban J connectivity index is 1.56. The summed E-state index contributed by atoms with van der Waals surface area (Å²) in [5.41, 5.74) is 4.07. The Labute approximate surface area is 177 Å². The number of carbonyl (C=O) groups excluding carboxylic acids is 2. The van der Waals surface area contributed by atoms with Gasteiger partial charge in [-0.05, 0) is 55.2 Å². The smallest absolute Gasteiger partial charge is 0.274 e. The summed E-state index contributed by atoms with van der Waals surface area (Å²) in [7, 11) is 0. The first-order valence-corrected chi connectivity index (χ1v) is 10.1. The zero-order chi connectivity index (χ0) is 20.8. The lowest BCUT2D eigenvalue weighted by atomic mass is 10.1. The molecule has 5 rings (SSSR count). The molecule has 1 saturated carbocycles. The maximum Gasteiger partial charge on any atom is 0.274 e. The molecule has 3 aromatic rings. The average Bonchev–Trinajstić information content (AvgIpc) is 3.51. The quantitative estimate of drug-likeness (QED) is 0.482. The number of fused-ring (bicyclic) bond motifs is 2. The fourth-order valence-corrected chi connectivity index (χ4v) is 3.92. The molecule has 0 atom stereocenters. The summed E-state index contributed by atoms with van der Waals surface area (Å²) in [5.74, 6) is 0.959. The van der Waals surface area contributed by atoms with Gasteiger partial charge in [0.1, 0.15) is 11.6 Å². The molecule has 30 heavy (non-hydrogen) atoms. The Bertz CT molecular complexity index is 1170. The maximum absolute atomic E-state index is 12.7. The van der Waals surface area contributed by atoms with Gasteiger partial charge in [-0.15, -0.1) is 0 Å². The molecule has 0 spiro atoms. The van der Waals surface area contributed by atoms with E-state index in [0.29, 0.717) is 22.4 Å².